The Kier molecular flexibility index (Phi) is 6.27. The molecule has 3 N–H and O–H groups in total. The first-order valence-corrected chi connectivity index (χ1v) is 5.62. The molecule has 0 amide bonds. The molecule has 18 heavy (non-hydrogen) atoms. The highest BCUT2D eigenvalue weighted by Crippen LogP contribution is 2.01. The van der Waals surface area contributed by atoms with Gasteiger partial charge in [0.1, 0.15) is 12.4 Å². The maximum absolute atomic E-state index is 10.9. The van der Waals surface area contributed by atoms with E-state index in [0.717, 1.165) is 5.69 Å². The molecule has 6 heteroatoms. The first-order valence-electron chi connectivity index (χ1n) is 5.62. The van der Waals surface area contributed by atoms with Crippen LogP contribution in [0.4, 0.5) is 0 Å². The molecule has 0 aliphatic carbocycles. The Morgan fingerprint density at radius 3 is 3.06 bits per heavy atom. The molecule has 1 unspecified atom stereocenters. The van der Waals surface area contributed by atoms with Crippen LogP contribution in [0.5, 0.6) is 0 Å². The average molecular weight is 248 g/mol. The van der Waals surface area contributed by atoms with Crippen molar-refractivity contribution in [1.29, 1.82) is 0 Å². The number of allylic oxidation sites excluding steroid dienone is 1. The Bertz CT molecular complexity index is 417. The van der Waals surface area contributed by atoms with Gasteiger partial charge in [0, 0.05) is 12.4 Å². The molecule has 1 rings (SSSR count). The van der Waals surface area contributed by atoms with E-state index in [9.17, 15) is 4.79 Å². The molecular weight excluding hydrogens is 232 g/mol. The van der Waals surface area contributed by atoms with Crippen molar-refractivity contribution in [1.82, 2.24) is 9.97 Å². The van der Waals surface area contributed by atoms with Crippen LogP contribution in [-0.2, 0) is 4.79 Å². The lowest BCUT2D eigenvalue weighted by Gasteiger charge is -2.04. The fraction of sp³-hybridized carbons (Fsp3) is 0.333. The minimum absolute atomic E-state index is 0.448. The lowest BCUT2D eigenvalue weighted by molar-refractivity contribution is -0.138. The van der Waals surface area contributed by atoms with Crippen LogP contribution in [0.3, 0.4) is 0 Å². The van der Waals surface area contributed by atoms with Gasteiger partial charge in [-0.15, -0.1) is 0 Å². The normalized spacial score (nSPS) is 13.2. The summed E-state index contributed by atoms with van der Waals surface area (Å²) < 4.78 is 0. The largest absolute Gasteiger partial charge is 0.480 e. The first-order chi connectivity index (χ1) is 8.74. The maximum atomic E-state index is 10.9. The van der Waals surface area contributed by atoms with E-state index in [2.05, 4.69) is 15.0 Å². The average Bonchev–Trinajstić information content (AvgIpc) is 2.38. The molecule has 1 aromatic rings. The van der Waals surface area contributed by atoms with E-state index < -0.39 is 12.0 Å². The van der Waals surface area contributed by atoms with Crippen LogP contribution in [-0.4, -0.2) is 39.8 Å². The summed E-state index contributed by atoms with van der Waals surface area (Å²) in [6.07, 6.45) is 9.02. The van der Waals surface area contributed by atoms with E-state index in [1.807, 2.05) is 0 Å². The summed E-state index contributed by atoms with van der Waals surface area (Å²) in [5, 5.41) is 8.92. The number of nitrogens with zero attached hydrogens (tertiary/aromatic N) is 3. The van der Waals surface area contributed by atoms with E-state index in [0.29, 0.717) is 19.4 Å². The lowest BCUT2D eigenvalue weighted by atomic mass is 10.1. The molecule has 1 aromatic heterocycles. The minimum Gasteiger partial charge on any atom is -0.480 e. The van der Waals surface area contributed by atoms with Crippen molar-refractivity contribution in [3.8, 4) is 0 Å². The van der Waals surface area contributed by atoms with Gasteiger partial charge in [-0.3, -0.25) is 4.99 Å². The molecular formula is C12H16N4O2. The number of carbonyl (C=O) groups is 1. The van der Waals surface area contributed by atoms with Crippen molar-refractivity contribution in [2.45, 2.75) is 18.9 Å². The van der Waals surface area contributed by atoms with Crippen molar-refractivity contribution in [3.05, 3.63) is 30.4 Å². The molecule has 0 aliphatic rings. The highest BCUT2D eigenvalue weighted by atomic mass is 16.4. The van der Waals surface area contributed by atoms with E-state index in [4.69, 9.17) is 10.8 Å². The van der Waals surface area contributed by atoms with Crippen molar-refractivity contribution in [3.63, 3.8) is 0 Å². The molecule has 1 heterocycles. The van der Waals surface area contributed by atoms with Gasteiger partial charge < -0.3 is 10.8 Å². The third kappa shape index (κ3) is 5.31. The maximum Gasteiger partial charge on any atom is 0.328 e. The molecule has 0 aromatic carbocycles. The summed E-state index contributed by atoms with van der Waals surface area (Å²) in [6.45, 7) is 0.468. The molecule has 96 valence electrons. The van der Waals surface area contributed by atoms with Gasteiger partial charge in [-0.25, -0.2) is 14.8 Å². The molecule has 1 atom stereocenters. The molecule has 0 saturated heterocycles. The Hall–Kier alpha value is -2.08. The summed E-state index contributed by atoms with van der Waals surface area (Å²) in [5.41, 5.74) is 6.08. The number of carboxylic acids is 1. The number of aliphatic imine (C=N–C) groups is 1. The van der Waals surface area contributed by atoms with Crippen LogP contribution in [0.2, 0.25) is 0 Å². The van der Waals surface area contributed by atoms with Crippen LogP contribution in [0.25, 0.3) is 6.08 Å². The van der Waals surface area contributed by atoms with Crippen molar-refractivity contribution in [2.75, 3.05) is 6.54 Å². The third-order valence-electron chi connectivity index (χ3n) is 2.19. The monoisotopic (exact) mass is 248 g/mol. The summed E-state index contributed by atoms with van der Waals surface area (Å²) in [6, 6.07) is 1.01. The van der Waals surface area contributed by atoms with Crippen molar-refractivity contribution >= 4 is 18.3 Å². The molecule has 0 bridgehead atoms. The zero-order valence-electron chi connectivity index (χ0n) is 9.94. The summed E-state index contributed by atoms with van der Waals surface area (Å²) >= 11 is 0. The van der Waals surface area contributed by atoms with Gasteiger partial charge in [-0.1, -0.05) is 0 Å². The van der Waals surface area contributed by atoms with Gasteiger partial charge in [-0.2, -0.15) is 0 Å². The highest BCUT2D eigenvalue weighted by Gasteiger charge is 2.13. The molecule has 0 radical (unpaired) electrons. The number of aromatic nitrogens is 2. The second-order valence-corrected chi connectivity index (χ2v) is 3.58. The minimum atomic E-state index is -0.935. The van der Waals surface area contributed by atoms with Crippen LogP contribution in [0, 0.1) is 0 Å². The van der Waals surface area contributed by atoms with Crippen LogP contribution < -0.4 is 5.73 Å². The molecule has 0 spiro atoms. The van der Waals surface area contributed by atoms with E-state index in [1.165, 1.54) is 12.5 Å². The van der Waals surface area contributed by atoms with Gasteiger partial charge in [0.15, 0.2) is 0 Å². The fourth-order valence-corrected chi connectivity index (χ4v) is 1.27. The van der Waals surface area contributed by atoms with Gasteiger partial charge in [0.05, 0.1) is 5.69 Å². The van der Waals surface area contributed by atoms with Crippen LogP contribution in [0.1, 0.15) is 18.5 Å². The Morgan fingerprint density at radius 1 is 1.61 bits per heavy atom. The predicted molar refractivity (Wildman–Crippen MR) is 69.3 cm³/mol. The fourth-order valence-electron chi connectivity index (χ4n) is 1.27. The quantitative estimate of drug-likeness (QED) is 0.693. The van der Waals surface area contributed by atoms with Crippen molar-refractivity contribution in [2.24, 2.45) is 10.7 Å². The zero-order valence-corrected chi connectivity index (χ0v) is 9.94. The van der Waals surface area contributed by atoms with Crippen LogP contribution in [0.15, 0.2) is 29.7 Å². The summed E-state index contributed by atoms with van der Waals surface area (Å²) in [4.78, 5) is 22.6. The Morgan fingerprint density at radius 2 is 2.44 bits per heavy atom. The standard InChI is InChI=1S/C12H16N4O2/c13-6-1-4-11(12(17)18)15-7-2-3-10-5-8-14-9-16-10/h2-3,5,7-9,11H,1,4,6,13H2,(H,17,18)/b3-2+,15-7?. The lowest BCUT2D eigenvalue weighted by Crippen LogP contribution is -2.19. The van der Waals surface area contributed by atoms with E-state index in [1.54, 1.807) is 24.4 Å². The number of rotatable bonds is 7. The van der Waals surface area contributed by atoms with Gasteiger partial charge >= 0.3 is 5.97 Å². The van der Waals surface area contributed by atoms with Crippen molar-refractivity contribution < 1.29 is 9.90 Å². The zero-order chi connectivity index (χ0) is 13.2. The number of hydrogen-bond acceptors (Lipinski definition) is 5. The van der Waals surface area contributed by atoms with Gasteiger partial charge in [-0.05, 0) is 37.6 Å². The molecule has 0 saturated carbocycles. The third-order valence-corrected chi connectivity index (χ3v) is 2.19. The Labute approximate surface area is 105 Å². The van der Waals surface area contributed by atoms with E-state index >= 15 is 0 Å². The summed E-state index contributed by atoms with van der Waals surface area (Å²) in [7, 11) is 0. The van der Waals surface area contributed by atoms with E-state index in [-0.39, 0.29) is 0 Å². The highest BCUT2D eigenvalue weighted by molar-refractivity contribution is 5.81. The molecule has 6 nitrogen and oxygen atoms in total. The first kappa shape index (κ1) is 14.0. The van der Waals surface area contributed by atoms with Gasteiger partial charge in [0.25, 0.3) is 0 Å². The van der Waals surface area contributed by atoms with Crippen LogP contribution >= 0.6 is 0 Å². The number of nitrogens with two attached hydrogens (primary N) is 1. The second kappa shape index (κ2) is 8.08. The smallest absolute Gasteiger partial charge is 0.328 e. The number of carboxylic acid groups (broad SMARTS) is 1. The number of hydrogen-bond donors (Lipinski definition) is 2. The molecule has 0 aliphatic heterocycles. The SMILES string of the molecule is NCCCC(N=C/C=C/c1ccncn1)C(=O)O. The second-order valence-electron chi connectivity index (χ2n) is 3.58. The molecule has 0 fully saturated rings. The number of aliphatic carboxylic acids is 1. The summed E-state index contributed by atoms with van der Waals surface area (Å²) in [5.74, 6) is -0.935. The topological polar surface area (TPSA) is 101 Å². The predicted octanol–water partition coefficient (Wildman–Crippen LogP) is 0.753. The Balaban J connectivity index is 2.51. The van der Waals surface area contributed by atoms with Gasteiger partial charge in [0.2, 0.25) is 0 Å².